The van der Waals surface area contributed by atoms with Gasteiger partial charge >= 0.3 is 13.0 Å². The summed E-state index contributed by atoms with van der Waals surface area (Å²) in [6.45, 7) is -3.31. The summed E-state index contributed by atoms with van der Waals surface area (Å²) in [5.74, 6) is -1.95. The van der Waals surface area contributed by atoms with Gasteiger partial charge in [0.1, 0.15) is 5.02 Å². The van der Waals surface area contributed by atoms with Crippen LogP contribution in [-0.2, 0) is 0 Å². The van der Waals surface area contributed by atoms with Gasteiger partial charge in [0.25, 0.3) is 0 Å². The Bertz CT molecular complexity index is 410. The van der Waals surface area contributed by atoms with Crippen molar-refractivity contribution >= 4 is 17.3 Å². The van der Waals surface area contributed by atoms with Crippen LogP contribution in [-0.4, -0.2) is 13.0 Å². The molecule has 1 aromatic rings. The van der Waals surface area contributed by atoms with Gasteiger partial charge in [0.2, 0.25) is 0 Å². The van der Waals surface area contributed by atoms with E-state index >= 15 is 0 Å². The standard InChI is InChI=1S/C8H5ClF5NO2/c9-5-3(15)1-2-4(16-7(10)11)6(5)17-8(12,13)14/h1-2,7H,15H2. The third-order valence-corrected chi connectivity index (χ3v) is 1.91. The summed E-state index contributed by atoms with van der Waals surface area (Å²) >= 11 is 5.41. The van der Waals surface area contributed by atoms with Crippen molar-refractivity contribution in [3.63, 3.8) is 0 Å². The zero-order valence-corrected chi connectivity index (χ0v) is 8.65. The van der Waals surface area contributed by atoms with Crippen LogP contribution in [0.2, 0.25) is 5.02 Å². The number of halogens is 6. The van der Waals surface area contributed by atoms with E-state index in [4.69, 9.17) is 17.3 Å². The summed E-state index contributed by atoms with van der Waals surface area (Å²) in [6.07, 6.45) is -5.10. The second-order valence-corrected chi connectivity index (χ2v) is 3.10. The average molecular weight is 278 g/mol. The van der Waals surface area contributed by atoms with Crippen molar-refractivity contribution in [1.29, 1.82) is 0 Å². The molecule has 0 spiro atoms. The van der Waals surface area contributed by atoms with Gasteiger partial charge in [-0.15, -0.1) is 13.2 Å². The third kappa shape index (κ3) is 3.81. The Balaban J connectivity index is 3.17. The fourth-order valence-corrected chi connectivity index (χ4v) is 1.15. The van der Waals surface area contributed by atoms with E-state index in [1.165, 1.54) is 0 Å². The highest BCUT2D eigenvalue weighted by Crippen LogP contribution is 2.42. The maximum Gasteiger partial charge on any atom is 0.573 e. The molecule has 0 aliphatic heterocycles. The minimum atomic E-state index is -5.10. The second-order valence-electron chi connectivity index (χ2n) is 2.72. The van der Waals surface area contributed by atoms with Gasteiger partial charge in [0, 0.05) is 0 Å². The quantitative estimate of drug-likeness (QED) is 0.680. The molecule has 0 fully saturated rings. The molecular formula is C8H5ClF5NO2. The van der Waals surface area contributed by atoms with Gasteiger partial charge in [-0.05, 0) is 12.1 Å². The molecule has 0 bridgehead atoms. The first-order valence-corrected chi connectivity index (χ1v) is 4.37. The lowest BCUT2D eigenvalue weighted by Gasteiger charge is -2.15. The van der Waals surface area contributed by atoms with Crippen LogP contribution in [0, 0.1) is 0 Å². The number of alkyl halides is 5. The van der Waals surface area contributed by atoms with Crippen molar-refractivity contribution in [2.45, 2.75) is 13.0 Å². The van der Waals surface area contributed by atoms with E-state index in [9.17, 15) is 22.0 Å². The molecule has 0 saturated carbocycles. The lowest BCUT2D eigenvalue weighted by molar-refractivity contribution is -0.275. The molecule has 3 nitrogen and oxygen atoms in total. The highest BCUT2D eigenvalue weighted by molar-refractivity contribution is 6.34. The number of hydrogen-bond donors (Lipinski definition) is 1. The van der Waals surface area contributed by atoms with Crippen LogP contribution in [0.4, 0.5) is 27.6 Å². The lowest BCUT2D eigenvalue weighted by atomic mass is 10.3. The van der Waals surface area contributed by atoms with Crippen LogP contribution in [0.5, 0.6) is 11.5 Å². The molecule has 0 saturated heterocycles. The zero-order chi connectivity index (χ0) is 13.2. The molecule has 0 aliphatic rings. The van der Waals surface area contributed by atoms with E-state index in [2.05, 4.69) is 9.47 Å². The van der Waals surface area contributed by atoms with Gasteiger partial charge in [-0.2, -0.15) is 8.78 Å². The Labute approximate surface area is 96.9 Å². The molecule has 0 atom stereocenters. The Morgan fingerprint density at radius 1 is 1.24 bits per heavy atom. The number of rotatable bonds is 3. The van der Waals surface area contributed by atoms with Crippen molar-refractivity contribution in [2.24, 2.45) is 0 Å². The molecular weight excluding hydrogens is 273 g/mol. The molecule has 96 valence electrons. The van der Waals surface area contributed by atoms with Crippen LogP contribution in [0.3, 0.4) is 0 Å². The molecule has 0 aromatic heterocycles. The second kappa shape index (κ2) is 4.82. The van der Waals surface area contributed by atoms with Crippen molar-refractivity contribution < 1.29 is 31.4 Å². The molecule has 2 N–H and O–H groups in total. The maximum atomic E-state index is 12.0. The normalized spacial score (nSPS) is 11.7. The van der Waals surface area contributed by atoms with E-state index < -0.39 is 29.5 Å². The van der Waals surface area contributed by atoms with Crippen LogP contribution >= 0.6 is 11.6 Å². The first kappa shape index (κ1) is 13.6. The van der Waals surface area contributed by atoms with E-state index in [-0.39, 0.29) is 5.69 Å². The predicted molar refractivity (Wildman–Crippen MR) is 49.2 cm³/mol. The fraction of sp³-hybridized carbons (Fsp3) is 0.250. The summed E-state index contributed by atoms with van der Waals surface area (Å²) in [4.78, 5) is 0. The van der Waals surface area contributed by atoms with Crippen molar-refractivity contribution in [3.05, 3.63) is 17.2 Å². The van der Waals surface area contributed by atoms with Crippen LogP contribution in [0.25, 0.3) is 0 Å². The summed E-state index contributed by atoms with van der Waals surface area (Å²) in [5.41, 5.74) is 4.96. The molecule has 0 radical (unpaired) electrons. The monoisotopic (exact) mass is 277 g/mol. The minimum absolute atomic E-state index is 0.257. The van der Waals surface area contributed by atoms with Crippen LogP contribution in [0.1, 0.15) is 0 Å². The SMILES string of the molecule is Nc1ccc(OC(F)F)c(OC(F)(F)F)c1Cl. The molecule has 0 heterocycles. The maximum absolute atomic E-state index is 12.0. The Hall–Kier alpha value is -1.44. The number of nitrogen functional groups attached to an aromatic ring is 1. The number of nitrogens with two attached hydrogens (primary N) is 1. The number of ether oxygens (including phenoxy) is 2. The molecule has 0 unspecified atom stereocenters. The van der Waals surface area contributed by atoms with Gasteiger partial charge in [0.05, 0.1) is 5.69 Å². The zero-order valence-electron chi connectivity index (χ0n) is 7.89. The Kier molecular flexibility index (Phi) is 3.87. The van der Waals surface area contributed by atoms with E-state index in [0.29, 0.717) is 0 Å². The highest BCUT2D eigenvalue weighted by atomic mass is 35.5. The third-order valence-electron chi connectivity index (χ3n) is 1.52. The van der Waals surface area contributed by atoms with Gasteiger partial charge in [-0.1, -0.05) is 11.6 Å². The molecule has 0 amide bonds. The largest absolute Gasteiger partial charge is 0.573 e. The molecule has 1 aromatic carbocycles. The van der Waals surface area contributed by atoms with E-state index in [1.54, 1.807) is 0 Å². The lowest BCUT2D eigenvalue weighted by Crippen LogP contribution is -2.18. The van der Waals surface area contributed by atoms with Crippen LogP contribution < -0.4 is 15.2 Å². The van der Waals surface area contributed by atoms with Crippen molar-refractivity contribution in [3.8, 4) is 11.5 Å². The smallest absolute Gasteiger partial charge is 0.431 e. The highest BCUT2D eigenvalue weighted by Gasteiger charge is 2.34. The molecule has 9 heteroatoms. The van der Waals surface area contributed by atoms with Crippen molar-refractivity contribution in [2.75, 3.05) is 5.73 Å². The average Bonchev–Trinajstić information content (AvgIpc) is 2.15. The number of benzene rings is 1. The summed E-state index contributed by atoms with van der Waals surface area (Å²) in [5, 5.41) is -0.652. The summed E-state index contributed by atoms with van der Waals surface area (Å²) in [6, 6.07) is 1.82. The number of hydrogen-bond acceptors (Lipinski definition) is 3. The molecule has 1 rings (SSSR count). The van der Waals surface area contributed by atoms with Crippen LogP contribution in [0.15, 0.2) is 12.1 Å². The van der Waals surface area contributed by atoms with E-state index in [1.807, 2.05) is 0 Å². The summed E-state index contributed by atoms with van der Waals surface area (Å²) in [7, 11) is 0. The first-order valence-electron chi connectivity index (χ1n) is 3.99. The van der Waals surface area contributed by atoms with Gasteiger partial charge < -0.3 is 15.2 Å². The van der Waals surface area contributed by atoms with E-state index in [0.717, 1.165) is 12.1 Å². The topological polar surface area (TPSA) is 44.5 Å². The minimum Gasteiger partial charge on any atom is -0.431 e. The fourth-order valence-electron chi connectivity index (χ4n) is 0.953. The Morgan fingerprint density at radius 2 is 1.82 bits per heavy atom. The van der Waals surface area contributed by atoms with Crippen molar-refractivity contribution in [1.82, 2.24) is 0 Å². The number of anilines is 1. The summed E-state index contributed by atoms with van der Waals surface area (Å²) < 4.78 is 67.2. The van der Waals surface area contributed by atoms with Gasteiger partial charge in [-0.25, -0.2) is 0 Å². The predicted octanol–water partition coefficient (Wildman–Crippen LogP) is 3.42. The van der Waals surface area contributed by atoms with Gasteiger partial charge in [-0.3, -0.25) is 0 Å². The molecule has 17 heavy (non-hydrogen) atoms. The van der Waals surface area contributed by atoms with Gasteiger partial charge in [0.15, 0.2) is 11.5 Å². The molecule has 0 aliphatic carbocycles. The Morgan fingerprint density at radius 3 is 2.29 bits per heavy atom. The first-order chi connectivity index (χ1) is 7.70.